The molecule has 160 valence electrons. The smallest absolute Gasteiger partial charge is 0.269 e. The van der Waals surface area contributed by atoms with E-state index >= 15 is 0 Å². The summed E-state index contributed by atoms with van der Waals surface area (Å²) in [5.74, 6) is 0.374. The summed E-state index contributed by atoms with van der Waals surface area (Å²) in [5, 5.41) is 23.3. The Labute approximate surface area is 192 Å². The van der Waals surface area contributed by atoms with Gasteiger partial charge in [-0.3, -0.25) is 19.5 Å². The number of nitrogens with one attached hydrogen (secondary N) is 1. The van der Waals surface area contributed by atoms with Crippen LogP contribution in [0.4, 0.5) is 11.4 Å². The Hall–Kier alpha value is -3.69. The van der Waals surface area contributed by atoms with Gasteiger partial charge in [0, 0.05) is 23.4 Å². The summed E-state index contributed by atoms with van der Waals surface area (Å²) < 4.78 is 1.81. The molecular formula is C22H16ClN5O3S. The van der Waals surface area contributed by atoms with Gasteiger partial charge in [0.2, 0.25) is 5.91 Å². The molecule has 1 heterocycles. The zero-order valence-electron chi connectivity index (χ0n) is 16.5. The van der Waals surface area contributed by atoms with Gasteiger partial charge in [-0.25, -0.2) is 0 Å². The molecular weight excluding hydrogens is 450 g/mol. The van der Waals surface area contributed by atoms with Crippen LogP contribution in [0.15, 0.2) is 84.0 Å². The van der Waals surface area contributed by atoms with E-state index in [1.165, 1.54) is 23.9 Å². The number of carbonyl (C=O) groups excluding carboxylic acids is 1. The molecule has 0 aliphatic heterocycles. The van der Waals surface area contributed by atoms with E-state index in [4.69, 9.17) is 11.6 Å². The normalized spacial score (nSPS) is 10.7. The number of rotatable bonds is 7. The van der Waals surface area contributed by atoms with Crippen molar-refractivity contribution in [2.75, 3.05) is 11.1 Å². The van der Waals surface area contributed by atoms with E-state index in [2.05, 4.69) is 15.5 Å². The fourth-order valence-electron chi connectivity index (χ4n) is 2.97. The number of thioether (sulfide) groups is 1. The third kappa shape index (κ3) is 4.79. The van der Waals surface area contributed by atoms with E-state index in [0.717, 1.165) is 5.69 Å². The number of nitro benzene ring substituents is 1. The van der Waals surface area contributed by atoms with Crippen LogP contribution in [0.3, 0.4) is 0 Å². The Morgan fingerprint density at radius 3 is 2.38 bits per heavy atom. The first kappa shape index (κ1) is 21.5. The van der Waals surface area contributed by atoms with Crippen molar-refractivity contribution in [3.8, 4) is 17.1 Å². The van der Waals surface area contributed by atoms with Crippen LogP contribution >= 0.6 is 23.4 Å². The number of non-ortho nitro benzene ring substituents is 1. The van der Waals surface area contributed by atoms with Crippen molar-refractivity contribution < 1.29 is 9.72 Å². The Morgan fingerprint density at radius 2 is 1.69 bits per heavy atom. The van der Waals surface area contributed by atoms with Crippen molar-refractivity contribution in [2.24, 2.45) is 0 Å². The third-order valence-corrected chi connectivity index (χ3v) is 5.72. The molecule has 0 atom stereocenters. The number of amides is 1. The molecule has 1 aromatic heterocycles. The molecule has 0 saturated heterocycles. The first-order valence-electron chi connectivity index (χ1n) is 9.46. The van der Waals surface area contributed by atoms with Crippen molar-refractivity contribution in [3.63, 3.8) is 0 Å². The molecule has 3 aromatic carbocycles. The van der Waals surface area contributed by atoms with Gasteiger partial charge in [0.1, 0.15) is 0 Å². The first-order valence-corrected chi connectivity index (χ1v) is 10.8. The summed E-state index contributed by atoms with van der Waals surface area (Å²) in [6.45, 7) is 0. The van der Waals surface area contributed by atoms with Crippen molar-refractivity contribution in [2.45, 2.75) is 5.16 Å². The van der Waals surface area contributed by atoms with Gasteiger partial charge in [0.15, 0.2) is 11.0 Å². The predicted octanol–water partition coefficient (Wildman–Crippen LogP) is 5.23. The van der Waals surface area contributed by atoms with Crippen LogP contribution in [0.25, 0.3) is 17.1 Å². The van der Waals surface area contributed by atoms with Gasteiger partial charge in [0.05, 0.1) is 21.4 Å². The molecule has 4 rings (SSSR count). The van der Waals surface area contributed by atoms with Crippen molar-refractivity contribution >= 4 is 40.6 Å². The van der Waals surface area contributed by atoms with Crippen LogP contribution in [-0.4, -0.2) is 31.3 Å². The van der Waals surface area contributed by atoms with Crippen LogP contribution in [0, 0.1) is 10.1 Å². The number of anilines is 1. The minimum atomic E-state index is -0.454. The highest BCUT2D eigenvalue weighted by atomic mass is 35.5. The molecule has 4 aromatic rings. The van der Waals surface area contributed by atoms with Gasteiger partial charge in [-0.2, -0.15) is 0 Å². The molecule has 0 radical (unpaired) electrons. The Balaban J connectivity index is 1.60. The molecule has 0 aliphatic carbocycles. The van der Waals surface area contributed by atoms with Gasteiger partial charge < -0.3 is 5.32 Å². The van der Waals surface area contributed by atoms with Crippen LogP contribution in [0.5, 0.6) is 0 Å². The van der Waals surface area contributed by atoms with Crippen LogP contribution in [-0.2, 0) is 4.79 Å². The lowest BCUT2D eigenvalue weighted by Gasteiger charge is -2.11. The molecule has 10 heteroatoms. The number of aromatic nitrogens is 3. The standard InChI is InChI=1S/C22H16ClN5O3S/c23-18-8-4-5-9-19(18)24-20(29)14-32-22-26-25-21(27(22)16-6-2-1-3-7-16)15-10-12-17(13-11-15)28(30)31/h1-13H,14H2,(H,24,29). The fourth-order valence-corrected chi connectivity index (χ4v) is 3.91. The molecule has 8 nitrogen and oxygen atoms in total. The zero-order valence-corrected chi connectivity index (χ0v) is 18.1. The lowest BCUT2D eigenvalue weighted by Crippen LogP contribution is -2.14. The topological polar surface area (TPSA) is 103 Å². The number of benzene rings is 3. The van der Waals surface area contributed by atoms with Gasteiger partial charge in [-0.1, -0.05) is 53.7 Å². The summed E-state index contributed by atoms with van der Waals surface area (Å²) in [7, 11) is 0. The summed E-state index contributed by atoms with van der Waals surface area (Å²) in [4.78, 5) is 23.0. The van der Waals surface area contributed by atoms with Crippen LogP contribution in [0.2, 0.25) is 5.02 Å². The van der Waals surface area contributed by atoms with Crippen molar-refractivity contribution in [1.29, 1.82) is 0 Å². The molecule has 0 aliphatic rings. The quantitative estimate of drug-likeness (QED) is 0.228. The minimum Gasteiger partial charge on any atom is -0.324 e. The van der Waals surface area contributed by atoms with E-state index in [1.54, 1.807) is 36.4 Å². The highest BCUT2D eigenvalue weighted by Crippen LogP contribution is 2.29. The number of halogens is 1. The van der Waals surface area contributed by atoms with E-state index in [0.29, 0.717) is 27.3 Å². The number of hydrogen-bond acceptors (Lipinski definition) is 6. The highest BCUT2D eigenvalue weighted by molar-refractivity contribution is 7.99. The van der Waals surface area contributed by atoms with Crippen molar-refractivity contribution in [1.82, 2.24) is 14.8 Å². The third-order valence-electron chi connectivity index (χ3n) is 4.46. The van der Waals surface area contributed by atoms with Gasteiger partial charge in [-0.05, 0) is 36.4 Å². The van der Waals surface area contributed by atoms with Crippen LogP contribution < -0.4 is 5.32 Å². The average Bonchev–Trinajstić information content (AvgIpc) is 3.24. The average molecular weight is 466 g/mol. The monoisotopic (exact) mass is 465 g/mol. The summed E-state index contributed by atoms with van der Waals surface area (Å²) in [6, 6.07) is 22.5. The zero-order chi connectivity index (χ0) is 22.5. The summed E-state index contributed by atoms with van der Waals surface area (Å²) in [5.41, 5.74) is 2.00. The number of para-hydroxylation sites is 2. The predicted molar refractivity (Wildman–Crippen MR) is 124 cm³/mol. The lowest BCUT2D eigenvalue weighted by atomic mass is 10.2. The number of nitrogens with zero attached hydrogens (tertiary/aromatic N) is 4. The van der Waals surface area contributed by atoms with E-state index in [-0.39, 0.29) is 17.3 Å². The summed E-state index contributed by atoms with van der Waals surface area (Å²) >= 11 is 7.33. The maximum Gasteiger partial charge on any atom is 0.269 e. The summed E-state index contributed by atoms with van der Waals surface area (Å²) in [6.07, 6.45) is 0. The molecule has 0 unspecified atom stereocenters. The molecule has 32 heavy (non-hydrogen) atoms. The fraction of sp³-hybridized carbons (Fsp3) is 0.0455. The Kier molecular flexibility index (Phi) is 6.48. The molecule has 0 bridgehead atoms. The van der Waals surface area contributed by atoms with E-state index in [9.17, 15) is 14.9 Å². The maximum atomic E-state index is 12.5. The minimum absolute atomic E-state index is 0.00892. The first-order chi connectivity index (χ1) is 15.5. The van der Waals surface area contributed by atoms with Gasteiger partial charge >= 0.3 is 0 Å². The van der Waals surface area contributed by atoms with E-state index < -0.39 is 4.92 Å². The largest absolute Gasteiger partial charge is 0.324 e. The lowest BCUT2D eigenvalue weighted by molar-refractivity contribution is -0.384. The van der Waals surface area contributed by atoms with Crippen LogP contribution in [0.1, 0.15) is 0 Å². The van der Waals surface area contributed by atoms with Gasteiger partial charge in [-0.15, -0.1) is 10.2 Å². The highest BCUT2D eigenvalue weighted by Gasteiger charge is 2.18. The Morgan fingerprint density at radius 1 is 1.00 bits per heavy atom. The maximum absolute atomic E-state index is 12.5. The van der Waals surface area contributed by atoms with E-state index in [1.807, 2.05) is 34.9 Å². The molecule has 0 saturated carbocycles. The number of carbonyl (C=O) groups is 1. The van der Waals surface area contributed by atoms with Gasteiger partial charge in [0.25, 0.3) is 5.69 Å². The second kappa shape index (κ2) is 9.63. The molecule has 1 N–H and O–H groups in total. The molecule has 0 fully saturated rings. The molecule has 1 amide bonds. The molecule has 0 spiro atoms. The number of hydrogen-bond donors (Lipinski definition) is 1. The Bertz CT molecular complexity index is 1260. The SMILES string of the molecule is O=C(CSc1nnc(-c2ccc([N+](=O)[O-])cc2)n1-c1ccccc1)Nc1ccccc1Cl. The van der Waals surface area contributed by atoms with Crippen molar-refractivity contribution in [3.05, 3.63) is 94.0 Å². The number of nitro groups is 1. The second-order valence-corrected chi connectivity index (χ2v) is 7.95. The second-order valence-electron chi connectivity index (χ2n) is 6.60.